The van der Waals surface area contributed by atoms with Gasteiger partial charge in [-0.15, -0.1) is 0 Å². The lowest BCUT2D eigenvalue weighted by atomic mass is 10.2. The van der Waals surface area contributed by atoms with Gasteiger partial charge in [-0.1, -0.05) is 40.5 Å². The molecule has 0 N–H and O–H groups in total. The van der Waals surface area contributed by atoms with Crippen molar-refractivity contribution in [2.24, 2.45) is 0 Å². The summed E-state index contributed by atoms with van der Waals surface area (Å²) in [5.41, 5.74) is 0.679. The van der Waals surface area contributed by atoms with Crippen molar-refractivity contribution < 1.29 is 14.1 Å². The number of aromatic nitrogens is 2. The maximum atomic E-state index is 12.2. The molecule has 2 aromatic carbocycles. The van der Waals surface area contributed by atoms with Crippen LogP contribution in [-0.4, -0.2) is 41.1 Å². The predicted octanol–water partition coefficient (Wildman–Crippen LogP) is 4.12. The van der Waals surface area contributed by atoms with Crippen molar-refractivity contribution in [2.75, 3.05) is 20.2 Å². The number of likely N-dealkylation sites (N-methyl/N-ethyl adjacent to an activating group) is 1. The van der Waals surface area contributed by atoms with E-state index >= 15 is 0 Å². The minimum Gasteiger partial charge on any atom is -0.484 e. The zero-order valence-corrected chi connectivity index (χ0v) is 16.1. The Morgan fingerprint density at radius 2 is 1.89 bits per heavy atom. The Bertz CT molecular complexity index is 913. The number of rotatable bonds is 7. The van der Waals surface area contributed by atoms with Gasteiger partial charge in [-0.2, -0.15) is 4.98 Å². The van der Waals surface area contributed by atoms with Gasteiger partial charge in [0.25, 0.3) is 11.8 Å². The van der Waals surface area contributed by atoms with Crippen molar-refractivity contribution in [1.29, 1.82) is 0 Å². The molecule has 0 spiro atoms. The summed E-state index contributed by atoms with van der Waals surface area (Å²) in [7, 11) is 1.70. The average molecular weight is 406 g/mol. The van der Waals surface area contributed by atoms with E-state index in [9.17, 15) is 4.79 Å². The number of hydrogen-bond acceptors (Lipinski definition) is 5. The van der Waals surface area contributed by atoms with Crippen LogP contribution in [0.1, 0.15) is 5.82 Å². The lowest BCUT2D eigenvalue weighted by Crippen LogP contribution is -2.33. The van der Waals surface area contributed by atoms with E-state index in [-0.39, 0.29) is 12.5 Å². The molecule has 140 valence electrons. The van der Waals surface area contributed by atoms with Gasteiger partial charge in [0, 0.05) is 25.0 Å². The third-order valence-electron chi connectivity index (χ3n) is 3.84. The summed E-state index contributed by atoms with van der Waals surface area (Å²) in [5.74, 6) is 1.29. The van der Waals surface area contributed by atoms with Crippen LogP contribution in [0.2, 0.25) is 10.0 Å². The van der Waals surface area contributed by atoms with Gasteiger partial charge in [-0.25, -0.2) is 0 Å². The molecule has 0 radical (unpaired) electrons. The highest BCUT2D eigenvalue weighted by Gasteiger charge is 2.14. The molecule has 6 nitrogen and oxygen atoms in total. The molecule has 0 bridgehead atoms. The standard InChI is InChI=1S/C19H17Cl2N3O3/c1-24(18(25)12-26-14-8-6-13(20)7-9-14)11-10-17-22-19(27-23-17)15-4-2-3-5-16(15)21/h2-9H,10-12H2,1H3. The summed E-state index contributed by atoms with van der Waals surface area (Å²) >= 11 is 11.9. The van der Waals surface area contributed by atoms with Crippen LogP contribution in [0.4, 0.5) is 0 Å². The third-order valence-corrected chi connectivity index (χ3v) is 4.43. The quantitative estimate of drug-likeness (QED) is 0.591. The largest absolute Gasteiger partial charge is 0.484 e. The minimum atomic E-state index is -0.153. The van der Waals surface area contributed by atoms with Crippen LogP contribution in [0.25, 0.3) is 11.5 Å². The molecule has 0 saturated heterocycles. The summed E-state index contributed by atoms with van der Waals surface area (Å²) in [6.07, 6.45) is 0.455. The molecule has 27 heavy (non-hydrogen) atoms. The number of amides is 1. The van der Waals surface area contributed by atoms with Gasteiger partial charge in [-0.3, -0.25) is 4.79 Å². The topological polar surface area (TPSA) is 68.5 Å². The number of benzene rings is 2. The molecule has 0 saturated carbocycles. The molecule has 0 atom stereocenters. The van der Waals surface area contributed by atoms with Crippen LogP contribution in [0.5, 0.6) is 5.75 Å². The van der Waals surface area contributed by atoms with E-state index in [4.69, 9.17) is 32.5 Å². The lowest BCUT2D eigenvalue weighted by molar-refractivity contribution is -0.132. The molecular formula is C19H17Cl2N3O3. The van der Waals surface area contributed by atoms with Gasteiger partial charge in [0.05, 0.1) is 10.6 Å². The van der Waals surface area contributed by atoms with Gasteiger partial charge >= 0.3 is 0 Å². The van der Waals surface area contributed by atoms with Crippen LogP contribution in [0.3, 0.4) is 0 Å². The van der Waals surface area contributed by atoms with Crippen molar-refractivity contribution in [3.63, 3.8) is 0 Å². The van der Waals surface area contributed by atoms with E-state index in [1.165, 1.54) is 0 Å². The minimum absolute atomic E-state index is 0.0603. The Balaban J connectivity index is 1.50. The normalized spacial score (nSPS) is 10.6. The number of halogens is 2. The second-order valence-electron chi connectivity index (χ2n) is 5.80. The highest BCUT2D eigenvalue weighted by atomic mass is 35.5. The highest BCUT2D eigenvalue weighted by molar-refractivity contribution is 6.33. The average Bonchev–Trinajstić information content (AvgIpc) is 3.14. The van der Waals surface area contributed by atoms with Gasteiger partial charge in [0.1, 0.15) is 5.75 Å². The third kappa shape index (κ3) is 5.21. The molecule has 3 aromatic rings. The molecule has 1 amide bonds. The first-order valence-corrected chi connectivity index (χ1v) is 8.98. The predicted molar refractivity (Wildman–Crippen MR) is 103 cm³/mol. The first kappa shape index (κ1) is 19.2. The van der Waals surface area contributed by atoms with Crippen molar-refractivity contribution >= 4 is 29.1 Å². The Labute approximate surface area is 166 Å². The molecule has 1 aromatic heterocycles. The SMILES string of the molecule is CN(CCc1noc(-c2ccccc2Cl)n1)C(=O)COc1ccc(Cl)cc1. The summed E-state index contributed by atoms with van der Waals surface area (Å²) in [6.45, 7) is 0.375. The van der Waals surface area contributed by atoms with E-state index in [0.29, 0.717) is 46.0 Å². The number of carbonyl (C=O) groups is 1. The smallest absolute Gasteiger partial charge is 0.260 e. The second kappa shape index (κ2) is 8.88. The van der Waals surface area contributed by atoms with E-state index in [1.54, 1.807) is 42.3 Å². The van der Waals surface area contributed by atoms with Gasteiger partial charge in [0.2, 0.25) is 0 Å². The van der Waals surface area contributed by atoms with E-state index < -0.39 is 0 Å². The lowest BCUT2D eigenvalue weighted by Gasteiger charge is -2.16. The van der Waals surface area contributed by atoms with E-state index in [2.05, 4.69) is 10.1 Å². The first-order valence-electron chi connectivity index (χ1n) is 8.23. The molecule has 3 rings (SSSR count). The first-order chi connectivity index (χ1) is 13.0. The van der Waals surface area contributed by atoms with Gasteiger partial charge in [-0.05, 0) is 36.4 Å². The van der Waals surface area contributed by atoms with Crippen molar-refractivity contribution in [1.82, 2.24) is 15.0 Å². The van der Waals surface area contributed by atoms with Crippen molar-refractivity contribution in [3.8, 4) is 17.2 Å². The Hall–Kier alpha value is -2.57. The van der Waals surface area contributed by atoms with E-state index in [1.807, 2.05) is 18.2 Å². The summed E-state index contributed by atoms with van der Waals surface area (Å²) < 4.78 is 10.7. The Morgan fingerprint density at radius 1 is 1.15 bits per heavy atom. The van der Waals surface area contributed by atoms with Crippen LogP contribution in [0.15, 0.2) is 53.1 Å². The van der Waals surface area contributed by atoms with Gasteiger partial charge in [0.15, 0.2) is 12.4 Å². The van der Waals surface area contributed by atoms with Crippen LogP contribution in [-0.2, 0) is 11.2 Å². The summed E-state index contributed by atoms with van der Waals surface area (Å²) in [4.78, 5) is 18.1. The molecule has 0 aliphatic carbocycles. The Morgan fingerprint density at radius 3 is 2.63 bits per heavy atom. The maximum Gasteiger partial charge on any atom is 0.260 e. The monoisotopic (exact) mass is 405 g/mol. The fraction of sp³-hybridized carbons (Fsp3) is 0.211. The summed E-state index contributed by atoms with van der Waals surface area (Å²) in [5, 5.41) is 5.09. The maximum absolute atomic E-state index is 12.2. The fourth-order valence-corrected chi connectivity index (χ4v) is 2.62. The molecule has 0 aliphatic heterocycles. The van der Waals surface area contributed by atoms with Crippen LogP contribution < -0.4 is 4.74 Å². The van der Waals surface area contributed by atoms with E-state index in [0.717, 1.165) is 0 Å². The van der Waals surface area contributed by atoms with Gasteiger partial charge < -0.3 is 14.2 Å². The van der Waals surface area contributed by atoms with Crippen LogP contribution >= 0.6 is 23.2 Å². The molecular weight excluding hydrogens is 389 g/mol. The molecule has 1 heterocycles. The zero-order valence-electron chi connectivity index (χ0n) is 14.6. The fourth-order valence-electron chi connectivity index (χ4n) is 2.28. The number of ether oxygens (including phenoxy) is 1. The number of hydrogen-bond donors (Lipinski definition) is 0. The number of carbonyl (C=O) groups excluding carboxylic acids is 1. The molecule has 8 heteroatoms. The van der Waals surface area contributed by atoms with Crippen molar-refractivity contribution in [3.05, 3.63) is 64.4 Å². The zero-order chi connectivity index (χ0) is 19.2. The Kier molecular flexibility index (Phi) is 6.32. The highest BCUT2D eigenvalue weighted by Crippen LogP contribution is 2.25. The van der Waals surface area contributed by atoms with Crippen molar-refractivity contribution in [2.45, 2.75) is 6.42 Å². The molecule has 0 aliphatic rings. The molecule has 0 unspecified atom stereocenters. The summed E-state index contributed by atoms with van der Waals surface area (Å²) in [6, 6.07) is 14.1. The molecule has 0 fully saturated rings. The number of nitrogens with zero attached hydrogens (tertiary/aromatic N) is 3. The second-order valence-corrected chi connectivity index (χ2v) is 6.65. The van der Waals surface area contributed by atoms with Crippen LogP contribution in [0, 0.1) is 0 Å².